The molecule has 1 saturated carbocycles. The van der Waals surface area contributed by atoms with E-state index in [1.807, 2.05) is 6.92 Å². The van der Waals surface area contributed by atoms with Gasteiger partial charge >= 0.3 is 5.97 Å². The maximum atomic E-state index is 14.3. The molecule has 0 unspecified atom stereocenters. The lowest BCUT2D eigenvalue weighted by molar-refractivity contribution is -0.263. The first-order chi connectivity index (χ1) is 21.4. The van der Waals surface area contributed by atoms with Gasteiger partial charge in [-0.2, -0.15) is 0 Å². The fourth-order valence-electron chi connectivity index (χ4n) is 8.40. The van der Waals surface area contributed by atoms with Crippen molar-refractivity contribution >= 4 is 11.8 Å². The van der Waals surface area contributed by atoms with E-state index in [0.717, 1.165) is 45.3 Å². The second-order valence-electron chi connectivity index (χ2n) is 16.5. The van der Waals surface area contributed by atoms with Crippen molar-refractivity contribution in [2.24, 2.45) is 29.1 Å². The number of cyclic esters (lactones) is 1. The maximum Gasteiger partial charge on any atom is 0.319 e. The number of Topliss-reactive ketones (excluding diaryl/α,β-unsaturated/α-hetero) is 1. The number of esters is 1. The third-order valence-electron chi connectivity index (χ3n) is 11.2. The SMILES string of the molecule is CCCN1C[C@H](C)C[C@@](C)(OC)[C@H](O[C@H]2C[C@@H](N(C)C)C[C@@H](C)O2)[C@@H](C)C(=O)C(C)(C)C(=O)OC[C@H]1C1CC(N(C)CC(C)C)C1. The molecule has 46 heavy (non-hydrogen) atoms. The van der Waals surface area contributed by atoms with Gasteiger partial charge in [0.25, 0.3) is 0 Å². The van der Waals surface area contributed by atoms with Crippen molar-refractivity contribution in [1.82, 2.24) is 14.7 Å². The summed E-state index contributed by atoms with van der Waals surface area (Å²) in [6, 6.07) is 0.975. The van der Waals surface area contributed by atoms with E-state index in [1.165, 1.54) is 0 Å². The number of carbonyl (C=O) groups excluding carboxylic acids is 2. The molecule has 2 saturated heterocycles. The number of nitrogens with zero attached hydrogens (tertiary/aromatic N) is 3. The van der Waals surface area contributed by atoms with Crippen molar-refractivity contribution < 1.29 is 28.5 Å². The Kier molecular flexibility index (Phi) is 14.1. The molecule has 1 aliphatic carbocycles. The molecule has 3 fully saturated rings. The molecule has 268 valence electrons. The van der Waals surface area contributed by atoms with E-state index < -0.39 is 35.3 Å². The van der Waals surface area contributed by atoms with Crippen LogP contribution in [0.2, 0.25) is 0 Å². The molecule has 0 bridgehead atoms. The molecule has 3 aliphatic rings. The smallest absolute Gasteiger partial charge is 0.319 e. The second kappa shape index (κ2) is 16.5. The fraction of sp³-hybridized carbons (Fsp3) is 0.946. The Morgan fingerprint density at radius 3 is 2.22 bits per heavy atom. The highest BCUT2D eigenvalue weighted by molar-refractivity contribution is 6.04. The van der Waals surface area contributed by atoms with Crippen molar-refractivity contribution in [3.05, 3.63) is 0 Å². The van der Waals surface area contributed by atoms with Crippen LogP contribution in [0.5, 0.6) is 0 Å². The summed E-state index contributed by atoms with van der Waals surface area (Å²) in [5.41, 5.74) is -2.11. The molecule has 0 aromatic carbocycles. The van der Waals surface area contributed by atoms with Gasteiger partial charge in [-0.3, -0.25) is 14.5 Å². The molecular formula is C37H69N3O6. The lowest BCUT2D eigenvalue weighted by Gasteiger charge is -2.49. The van der Waals surface area contributed by atoms with Crippen LogP contribution < -0.4 is 0 Å². The van der Waals surface area contributed by atoms with Crippen LogP contribution in [0.15, 0.2) is 0 Å². The van der Waals surface area contributed by atoms with E-state index in [-0.39, 0.29) is 23.8 Å². The molecule has 3 rings (SSSR count). The molecular weight excluding hydrogens is 582 g/mol. The van der Waals surface area contributed by atoms with Crippen LogP contribution in [0, 0.1) is 29.1 Å². The molecule has 2 heterocycles. The summed E-state index contributed by atoms with van der Waals surface area (Å²) in [4.78, 5) is 35.4. The molecule has 9 nitrogen and oxygen atoms in total. The number of methoxy groups -OCH3 is 1. The van der Waals surface area contributed by atoms with E-state index in [4.69, 9.17) is 18.9 Å². The Balaban J connectivity index is 1.95. The minimum atomic E-state index is -1.33. The average molecular weight is 652 g/mol. The summed E-state index contributed by atoms with van der Waals surface area (Å²) in [7, 11) is 8.13. The number of ether oxygens (including phenoxy) is 4. The number of hydrogen-bond donors (Lipinski definition) is 0. The van der Waals surface area contributed by atoms with Crippen molar-refractivity contribution in [3.8, 4) is 0 Å². The van der Waals surface area contributed by atoms with E-state index in [2.05, 4.69) is 77.4 Å². The van der Waals surface area contributed by atoms with E-state index in [9.17, 15) is 9.59 Å². The van der Waals surface area contributed by atoms with Crippen LogP contribution in [0.1, 0.15) is 101 Å². The molecule has 0 N–H and O–H groups in total. The fourth-order valence-corrected chi connectivity index (χ4v) is 8.40. The number of hydrogen-bond acceptors (Lipinski definition) is 9. The predicted molar refractivity (Wildman–Crippen MR) is 184 cm³/mol. The summed E-state index contributed by atoms with van der Waals surface area (Å²) in [6.45, 7) is 21.6. The Hall–Kier alpha value is -1.10. The van der Waals surface area contributed by atoms with Gasteiger partial charge in [-0.05, 0) is 105 Å². The number of rotatable bonds is 10. The standard InChI is InChI=1S/C37H69N3O6/c1-14-15-40-22-25(4)20-37(9,43-13)34(46-32-19-29(38(10)11)16-26(5)45-32)27(6)33(41)36(7,8)35(42)44-23-31(40)28-17-30(18-28)39(12)21-24(2)3/h24-32,34H,14-23H2,1-13H3/t25-,26-,27+,28?,29+,30?,31+,32+,34-,37-/m1/s1. The normalized spacial score (nSPS) is 38.7. The Morgan fingerprint density at radius 1 is 1.00 bits per heavy atom. The van der Waals surface area contributed by atoms with Crippen molar-refractivity contribution in [2.45, 2.75) is 143 Å². The van der Waals surface area contributed by atoms with Crippen LogP contribution in [0.25, 0.3) is 0 Å². The molecule has 0 aromatic heterocycles. The van der Waals surface area contributed by atoms with Crippen LogP contribution >= 0.6 is 0 Å². The summed E-state index contributed by atoms with van der Waals surface area (Å²) in [5.74, 6) is 0.0440. The lowest BCUT2D eigenvalue weighted by atomic mass is 9.73. The first kappa shape index (κ1) is 39.3. The molecule has 0 amide bonds. The molecule has 0 spiro atoms. The highest BCUT2D eigenvalue weighted by Gasteiger charge is 2.51. The molecule has 2 aliphatic heterocycles. The minimum absolute atomic E-state index is 0.0295. The van der Waals surface area contributed by atoms with Gasteiger partial charge in [-0.25, -0.2) is 0 Å². The summed E-state index contributed by atoms with van der Waals surface area (Å²) in [6.07, 6.45) is 4.48. The first-order valence-electron chi connectivity index (χ1n) is 18.1. The number of ketones is 1. The zero-order valence-corrected chi connectivity index (χ0v) is 31.6. The topological polar surface area (TPSA) is 80.8 Å². The first-order valence-corrected chi connectivity index (χ1v) is 18.1. The quantitative estimate of drug-likeness (QED) is 0.225. The highest BCUT2D eigenvalue weighted by Crippen LogP contribution is 2.40. The van der Waals surface area contributed by atoms with Crippen LogP contribution in [-0.4, -0.2) is 123 Å². The summed E-state index contributed by atoms with van der Waals surface area (Å²) < 4.78 is 25.6. The van der Waals surface area contributed by atoms with Crippen LogP contribution in [0.3, 0.4) is 0 Å². The van der Waals surface area contributed by atoms with E-state index in [0.29, 0.717) is 43.4 Å². The molecule has 0 aromatic rings. The summed E-state index contributed by atoms with van der Waals surface area (Å²) >= 11 is 0. The average Bonchev–Trinajstić information content (AvgIpc) is 2.94. The van der Waals surface area contributed by atoms with E-state index in [1.54, 1.807) is 21.0 Å². The van der Waals surface area contributed by atoms with E-state index >= 15 is 0 Å². The van der Waals surface area contributed by atoms with Gasteiger partial charge in [-0.1, -0.05) is 34.6 Å². The number of carbonyl (C=O) groups is 2. The second-order valence-corrected chi connectivity index (χ2v) is 16.5. The zero-order valence-electron chi connectivity index (χ0n) is 31.6. The molecule has 8 atom stereocenters. The van der Waals surface area contributed by atoms with Crippen LogP contribution in [0.4, 0.5) is 0 Å². The van der Waals surface area contributed by atoms with Gasteiger partial charge in [0.05, 0.1) is 17.8 Å². The van der Waals surface area contributed by atoms with Crippen molar-refractivity contribution in [2.75, 3.05) is 54.5 Å². The third-order valence-corrected chi connectivity index (χ3v) is 11.2. The van der Waals surface area contributed by atoms with Gasteiger partial charge in [0.1, 0.15) is 12.0 Å². The lowest BCUT2D eigenvalue weighted by Crippen LogP contribution is -2.56. The van der Waals surface area contributed by atoms with Crippen molar-refractivity contribution in [3.63, 3.8) is 0 Å². The minimum Gasteiger partial charge on any atom is -0.463 e. The van der Waals surface area contributed by atoms with Gasteiger partial charge in [0.15, 0.2) is 12.1 Å². The monoisotopic (exact) mass is 652 g/mol. The van der Waals surface area contributed by atoms with Gasteiger partial charge in [-0.15, -0.1) is 0 Å². The van der Waals surface area contributed by atoms with Crippen molar-refractivity contribution in [1.29, 1.82) is 0 Å². The Morgan fingerprint density at radius 2 is 1.65 bits per heavy atom. The Labute approximate surface area is 281 Å². The summed E-state index contributed by atoms with van der Waals surface area (Å²) in [5, 5.41) is 0. The Bertz CT molecular complexity index is 984. The molecule has 9 heteroatoms. The highest BCUT2D eigenvalue weighted by atomic mass is 16.7. The third kappa shape index (κ3) is 9.53. The van der Waals surface area contributed by atoms with Crippen LogP contribution in [-0.2, 0) is 28.5 Å². The predicted octanol–water partition coefficient (Wildman–Crippen LogP) is 5.49. The van der Waals surface area contributed by atoms with Gasteiger partial charge in [0.2, 0.25) is 0 Å². The van der Waals surface area contributed by atoms with Gasteiger partial charge in [0, 0.05) is 50.7 Å². The van der Waals surface area contributed by atoms with Gasteiger partial charge < -0.3 is 28.7 Å². The largest absolute Gasteiger partial charge is 0.463 e. The maximum absolute atomic E-state index is 14.3. The molecule has 0 radical (unpaired) electrons. The zero-order chi connectivity index (χ0) is 34.6.